The van der Waals surface area contributed by atoms with Gasteiger partial charge in [0, 0.05) is 18.3 Å². The van der Waals surface area contributed by atoms with Crippen molar-refractivity contribution in [1.29, 1.82) is 0 Å². The highest BCUT2D eigenvalue weighted by Gasteiger charge is 2.20. The average molecular weight is 328 g/mol. The minimum absolute atomic E-state index is 0.0173. The predicted molar refractivity (Wildman–Crippen MR) is 91.8 cm³/mol. The number of hydrogen-bond donors (Lipinski definition) is 1. The van der Waals surface area contributed by atoms with Gasteiger partial charge in [-0.1, -0.05) is 30.3 Å². The number of halogens is 1. The predicted octanol–water partition coefficient (Wildman–Crippen LogP) is 3.59. The number of carbonyl (C=O) groups excluding carboxylic acids is 2. The van der Waals surface area contributed by atoms with Crippen LogP contribution in [0.3, 0.4) is 0 Å². The van der Waals surface area contributed by atoms with Gasteiger partial charge in [-0.3, -0.25) is 9.59 Å². The highest BCUT2D eigenvalue weighted by molar-refractivity contribution is 6.03. The number of rotatable bonds is 6. The molecule has 0 spiro atoms. The Morgan fingerprint density at radius 3 is 2.25 bits per heavy atom. The van der Waals surface area contributed by atoms with Gasteiger partial charge in [-0.15, -0.1) is 0 Å². The molecule has 0 radical (unpaired) electrons. The van der Waals surface area contributed by atoms with Gasteiger partial charge in [0.25, 0.3) is 0 Å². The summed E-state index contributed by atoms with van der Waals surface area (Å²) in [4.78, 5) is 26.2. The van der Waals surface area contributed by atoms with E-state index in [4.69, 9.17) is 0 Å². The van der Waals surface area contributed by atoms with Crippen molar-refractivity contribution >= 4 is 17.5 Å². The fourth-order valence-corrected chi connectivity index (χ4v) is 2.32. The Hall–Kier alpha value is -2.69. The molecule has 0 heterocycles. The summed E-state index contributed by atoms with van der Waals surface area (Å²) in [6.07, 6.45) is -0.248. The molecule has 0 saturated carbocycles. The van der Waals surface area contributed by atoms with E-state index in [9.17, 15) is 14.0 Å². The molecule has 0 saturated heterocycles. The van der Waals surface area contributed by atoms with Gasteiger partial charge in [-0.2, -0.15) is 0 Å². The number of carbonyl (C=O) groups is 2. The lowest BCUT2D eigenvalue weighted by Gasteiger charge is -2.26. The number of amides is 2. The van der Waals surface area contributed by atoms with Gasteiger partial charge in [-0.25, -0.2) is 4.39 Å². The van der Waals surface area contributed by atoms with Crippen LogP contribution in [0.2, 0.25) is 0 Å². The van der Waals surface area contributed by atoms with Crippen LogP contribution in [0.1, 0.15) is 25.8 Å². The van der Waals surface area contributed by atoms with Gasteiger partial charge in [0.15, 0.2) is 0 Å². The third-order valence-electron chi connectivity index (χ3n) is 3.58. The van der Waals surface area contributed by atoms with E-state index in [0.717, 1.165) is 5.56 Å². The fourth-order valence-electron chi connectivity index (χ4n) is 2.32. The molecule has 126 valence electrons. The molecule has 24 heavy (non-hydrogen) atoms. The van der Waals surface area contributed by atoms with Gasteiger partial charge < -0.3 is 10.2 Å². The first-order valence-corrected chi connectivity index (χ1v) is 7.84. The first-order valence-electron chi connectivity index (χ1n) is 7.84. The maximum Gasteiger partial charge on any atom is 0.233 e. The zero-order chi connectivity index (χ0) is 17.5. The lowest BCUT2D eigenvalue weighted by atomic mass is 10.1. The van der Waals surface area contributed by atoms with Crippen molar-refractivity contribution in [2.24, 2.45) is 0 Å². The molecule has 2 aromatic carbocycles. The first kappa shape index (κ1) is 17.7. The van der Waals surface area contributed by atoms with Crippen molar-refractivity contribution in [1.82, 2.24) is 4.90 Å². The smallest absolute Gasteiger partial charge is 0.233 e. The van der Waals surface area contributed by atoms with Crippen molar-refractivity contribution in [3.63, 3.8) is 0 Å². The zero-order valence-electron chi connectivity index (χ0n) is 13.8. The highest BCUT2D eigenvalue weighted by atomic mass is 19.1. The van der Waals surface area contributed by atoms with E-state index in [1.54, 1.807) is 4.90 Å². The van der Waals surface area contributed by atoms with E-state index in [1.165, 1.54) is 24.3 Å². The van der Waals surface area contributed by atoms with Crippen LogP contribution in [0, 0.1) is 5.82 Å². The molecule has 1 N–H and O–H groups in total. The molecule has 0 atom stereocenters. The van der Waals surface area contributed by atoms with Gasteiger partial charge >= 0.3 is 0 Å². The number of anilines is 1. The maximum absolute atomic E-state index is 12.9. The molecule has 0 aliphatic rings. The lowest BCUT2D eigenvalue weighted by Crippen LogP contribution is -2.38. The molecule has 5 heteroatoms. The molecular weight excluding hydrogens is 307 g/mol. The number of benzene rings is 2. The van der Waals surface area contributed by atoms with E-state index < -0.39 is 5.91 Å². The number of hydrogen-bond acceptors (Lipinski definition) is 2. The second kappa shape index (κ2) is 8.24. The molecule has 0 aliphatic carbocycles. The Balaban J connectivity index is 1.96. The minimum atomic E-state index is -0.412. The average Bonchev–Trinajstić information content (AvgIpc) is 2.55. The Labute approximate surface area is 141 Å². The molecule has 2 aromatic rings. The Kier molecular flexibility index (Phi) is 6.07. The van der Waals surface area contributed by atoms with Crippen LogP contribution < -0.4 is 5.32 Å². The van der Waals surface area contributed by atoms with E-state index in [0.29, 0.717) is 12.2 Å². The summed E-state index contributed by atoms with van der Waals surface area (Å²) in [7, 11) is 0. The molecular formula is C19H21FN2O2. The normalized spacial score (nSPS) is 10.5. The molecule has 0 bridgehead atoms. The fraction of sp³-hybridized carbons (Fsp3) is 0.263. The van der Waals surface area contributed by atoms with Gasteiger partial charge in [0.2, 0.25) is 11.8 Å². The molecule has 4 nitrogen and oxygen atoms in total. The minimum Gasteiger partial charge on any atom is -0.336 e. The van der Waals surface area contributed by atoms with E-state index in [2.05, 4.69) is 5.32 Å². The van der Waals surface area contributed by atoms with E-state index >= 15 is 0 Å². The largest absolute Gasteiger partial charge is 0.336 e. The molecule has 2 amide bonds. The van der Waals surface area contributed by atoms with Crippen molar-refractivity contribution in [3.05, 3.63) is 66.0 Å². The summed E-state index contributed by atoms with van der Waals surface area (Å²) < 4.78 is 12.9. The zero-order valence-corrected chi connectivity index (χ0v) is 13.8. The maximum atomic E-state index is 12.9. The van der Waals surface area contributed by atoms with Crippen LogP contribution in [0.15, 0.2) is 54.6 Å². The SMILES string of the molecule is CC(C)N(Cc1ccccc1)C(=O)CC(=O)Nc1ccc(F)cc1. The standard InChI is InChI=1S/C19H21FN2O2/c1-14(2)22(13-15-6-4-3-5-7-15)19(24)12-18(23)21-17-10-8-16(20)9-11-17/h3-11,14H,12-13H2,1-2H3,(H,21,23). The topological polar surface area (TPSA) is 49.4 Å². The third kappa shape index (κ3) is 5.19. The molecule has 2 rings (SSSR count). The number of nitrogens with zero attached hydrogens (tertiary/aromatic N) is 1. The Bertz CT molecular complexity index is 684. The lowest BCUT2D eigenvalue weighted by molar-refractivity contribution is -0.136. The van der Waals surface area contributed by atoms with Crippen LogP contribution in [0.25, 0.3) is 0 Å². The monoisotopic (exact) mass is 328 g/mol. The molecule has 0 unspecified atom stereocenters. The van der Waals surface area contributed by atoms with Crippen LogP contribution in [-0.2, 0) is 16.1 Å². The summed E-state index contributed by atoms with van der Waals surface area (Å²) in [5.74, 6) is -1.03. The third-order valence-corrected chi connectivity index (χ3v) is 3.58. The van der Waals surface area contributed by atoms with Gasteiger partial charge in [0.1, 0.15) is 12.2 Å². The quantitative estimate of drug-likeness (QED) is 0.824. The highest BCUT2D eigenvalue weighted by Crippen LogP contribution is 2.12. The van der Waals surface area contributed by atoms with Gasteiger partial charge in [-0.05, 0) is 43.7 Å². The van der Waals surface area contributed by atoms with Crippen LogP contribution in [-0.4, -0.2) is 22.8 Å². The summed E-state index contributed by atoms with van der Waals surface area (Å²) in [6.45, 7) is 4.29. The molecule has 0 fully saturated rings. The van der Waals surface area contributed by atoms with Crippen LogP contribution in [0.4, 0.5) is 10.1 Å². The number of nitrogens with one attached hydrogen (secondary N) is 1. The van der Waals surface area contributed by atoms with Crippen molar-refractivity contribution in [3.8, 4) is 0 Å². The summed E-state index contributed by atoms with van der Waals surface area (Å²) >= 11 is 0. The second-order valence-electron chi connectivity index (χ2n) is 5.83. The second-order valence-corrected chi connectivity index (χ2v) is 5.83. The van der Waals surface area contributed by atoms with Crippen LogP contribution in [0.5, 0.6) is 0 Å². The molecule has 0 aliphatic heterocycles. The summed E-state index contributed by atoms with van der Waals surface area (Å²) in [5, 5.41) is 2.60. The van der Waals surface area contributed by atoms with E-state index in [1.807, 2.05) is 44.2 Å². The molecule has 0 aromatic heterocycles. The summed E-state index contributed by atoms with van der Waals surface area (Å²) in [6, 6.07) is 15.1. The van der Waals surface area contributed by atoms with Gasteiger partial charge in [0.05, 0.1) is 0 Å². The van der Waals surface area contributed by atoms with Crippen LogP contribution >= 0.6 is 0 Å². The Morgan fingerprint density at radius 1 is 1.04 bits per heavy atom. The summed E-state index contributed by atoms with van der Waals surface area (Å²) in [5.41, 5.74) is 1.48. The van der Waals surface area contributed by atoms with Crippen molar-refractivity contribution in [2.75, 3.05) is 5.32 Å². The van der Waals surface area contributed by atoms with Crippen molar-refractivity contribution in [2.45, 2.75) is 32.9 Å². The van der Waals surface area contributed by atoms with Crippen molar-refractivity contribution < 1.29 is 14.0 Å². The van der Waals surface area contributed by atoms with E-state index in [-0.39, 0.29) is 24.2 Å². The first-order chi connectivity index (χ1) is 11.5. The Morgan fingerprint density at radius 2 is 1.67 bits per heavy atom.